The van der Waals surface area contributed by atoms with E-state index < -0.39 is 11.7 Å². The van der Waals surface area contributed by atoms with E-state index in [0.717, 1.165) is 30.5 Å². The number of hydrogen-bond acceptors (Lipinski definition) is 2. The van der Waals surface area contributed by atoms with Crippen LogP contribution in [0.15, 0.2) is 67.0 Å². The number of hydrogen-bond donors (Lipinski definition) is 0. The van der Waals surface area contributed by atoms with Crippen LogP contribution in [0.25, 0.3) is 0 Å². The summed E-state index contributed by atoms with van der Waals surface area (Å²) < 4.78 is 40.1. The topological polar surface area (TPSA) is 38.1 Å². The molecule has 150 valence electrons. The first-order chi connectivity index (χ1) is 13.9. The van der Waals surface area contributed by atoms with Crippen molar-refractivity contribution < 1.29 is 18.0 Å². The molecule has 4 nitrogen and oxygen atoms in total. The molecule has 0 radical (unpaired) electrons. The Bertz CT molecular complexity index is 960. The monoisotopic (exact) mass is 399 g/mol. The molecule has 4 rings (SSSR count). The minimum Gasteiger partial charge on any atom is -0.331 e. The van der Waals surface area contributed by atoms with E-state index in [1.165, 1.54) is 12.1 Å². The Balaban J connectivity index is 1.46. The van der Waals surface area contributed by atoms with E-state index in [4.69, 9.17) is 0 Å². The molecule has 0 N–H and O–H groups in total. The minimum atomic E-state index is -4.36. The van der Waals surface area contributed by atoms with E-state index in [2.05, 4.69) is 5.10 Å². The first-order valence-corrected chi connectivity index (χ1v) is 9.43. The first-order valence-electron chi connectivity index (χ1n) is 9.43. The maximum Gasteiger partial charge on any atom is 0.416 e. The molecule has 1 aliphatic rings. The predicted molar refractivity (Wildman–Crippen MR) is 102 cm³/mol. The van der Waals surface area contributed by atoms with Gasteiger partial charge in [-0.2, -0.15) is 18.3 Å². The molecule has 1 amide bonds. The van der Waals surface area contributed by atoms with Crippen LogP contribution in [0.4, 0.5) is 13.2 Å². The van der Waals surface area contributed by atoms with Crippen molar-refractivity contribution in [2.75, 3.05) is 0 Å². The zero-order valence-corrected chi connectivity index (χ0v) is 15.6. The number of nitrogens with zero attached hydrogens (tertiary/aromatic N) is 3. The molecule has 1 aliphatic carbocycles. The summed E-state index contributed by atoms with van der Waals surface area (Å²) in [6.45, 7) is 0.927. The van der Waals surface area contributed by atoms with Gasteiger partial charge in [-0.3, -0.25) is 9.48 Å². The number of aromatic nitrogens is 2. The van der Waals surface area contributed by atoms with Crippen LogP contribution in [0.5, 0.6) is 0 Å². The number of benzene rings is 2. The van der Waals surface area contributed by atoms with Crippen LogP contribution in [-0.2, 0) is 19.3 Å². The molecule has 1 fully saturated rings. The van der Waals surface area contributed by atoms with Crippen molar-refractivity contribution in [1.29, 1.82) is 0 Å². The molecule has 0 unspecified atom stereocenters. The van der Waals surface area contributed by atoms with Crippen molar-refractivity contribution in [3.8, 4) is 0 Å². The van der Waals surface area contributed by atoms with Crippen molar-refractivity contribution in [3.63, 3.8) is 0 Å². The third-order valence-electron chi connectivity index (χ3n) is 4.99. The van der Waals surface area contributed by atoms with Gasteiger partial charge in [-0.15, -0.1) is 0 Å². The van der Waals surface area contributed by atoms with Crippen LogP contribution < -0.4 is 0 Å². The summed E-state index contributed by atoms with van der Waals surface area (Å²) in [5, 5.41) is 4.17. The van der Waals surface area contributed by atoms with Gasteiger partial charge in [0.05, 0.1) is 12.1 Å². The molecule has 1 saturated carbocycles. The highest BCUT2D eigenvalue weighted by Crippen LogP contribution is 2.32. The largest absolute Gasteiger partial charge is 0.416 e. The maximum atomic E-state index is 13.0. The van der Waals surface area contributed by atoms with Crippen LogP contribution in [0.2, 0.25) is 0 Å². The second kappa shape index (κ2) is 7.73. The fourth-order valence-corrected chi connectivity index (χ4v) is 3.25. The molecule has 3 aromatic rings. The SMILES string of the molecule is O=C(c1ccc(Cn2cccn2)cc1)N(Cc1ccc(C(F)(F)F)cc1)C1CC1. The number of halogens is 3. The van der Waals surface area contributed by atoms with Gasteiger partial charge in [0, 0.05) is 30.5 Å². The highest BCUT2D eigenvalue weighted by atomic mass is 19.4. The van der Waals surface area contributed by atoms with Gasteiger partial charge in [0.15, 0.2) is 0 Å². The van der Waals surface area contributed by atoms with E-state index >= 15 is 0 Å². The van der Waals surface area contributed by atoms with Crippen molar-refractivity contribution in [3.05, 3.63) is 89.2 Å². The van der Waals surface area contributed by atoms with Crippen LogP contribution in [-0.4, -0.2) is 26.6 Å². The van der Waals surface area contributed by atoms with Crippen LogP contribution in [0, 0.1) is 0 Å². The average molecular weight is 399 g/mol. The second-order valence-electron chi connectivity index (χ2n) is 7.26. The van der Waals surface area contributed by atoms with E-state index in [9.17, 15) is 18.0 Å². The lowest BCUT2D eigenvalue weighted by atomic mass is 10.1. The number of carbonyl (C=O) groups excluding carboxylic acids is 1. The van der Waals surface area contributed by atoms with Gasteiger partial charge in [-0.1, -0.05) is 24.3 Å². The molecule has 0 atom stereocenters. The van der Waals surface area contributed by atoms with Crippen molar-refractivity contribution in [2.45, 2.75) is 38.1 Å². The third kappa shape index (κ3) is 4.67. The van der Waals surface area contributed by atoms with Gasteiger partial charge < -0.3 is 4.90 Å². The highest BCUT2D eigenvalue weighted by molar-refractivity contribution is 5.94. The molecular formula is C22H20F3N3O. The molecule has 2 aromatic carbocycles. The lowest BCUT2D eigenvalue weighted by molar-refractivity contribution is -0.137. The van der Waals surface area contributed by atoms with Gasteiger partial charge in [0.1, 0.15) is 0 Å². The molecule has 0 saturated heterocycles. The number of carbonyl (C=O) groups is 1. The smallest absolute Gasteiger partial charge is 0.331 e. The fourth-order valence-electron chi connectivity index (χ4n) is 3.25. The highest BCUT2D eigenvalue weighted by Gasteiger charge is 2.34. The summed E-state index contributed by atoms with van der Waals surface area (Å²) in [4.78, 5) is 14.8. The van der Waals surface area contributed by atoms with Crippen LogP contribution in [0.3, 0.4) is 0 Å². The second-order valence-corrected chi connectivity index (χ2v) is 7.26. The Labute approximate surface area is 166 Å². The average Bonchev–Trinajstić information content (AvgIpc) is 3.42. The third-order valence-corrected chi connectivity index (χ3v) is 4.99. The van der Waals surface area contributed by atoms with Gasteiger partial charge in [0.25, 0.3) is 5.91 Å². The zero-order chi connectivity index (χ0) is 20.4. The van der Waals surface area contributed by atoms with E-state index in [0.29, 0.717) is 24.2 Å². The van der Waals surface area contributed by atoms with Crippen molar-refractivity contribution in [2.24, 2.45) is 0 Å². The Hall–Kier alpha value is -3.09. The Morgan fingerprint density at radius 1 is 1.03 bits per heavy atom. The van der Waals surface area contributed by atoms with Gasteiger partial charge in [0.2, 0.25) is 0 Å². The van der Waals surface area contributed by atoms with Gasteiger partial charge >= 0.3 is 6.18 Å². The number of amides is 1. The van der Waals surface area contributed by atoms with Gasteiger partial charge in [-0.25, -0.2) is 0 Å². The quantitative estimate of drug-likeness (QED) is 0.600. The minimum absolute atomic E-state index is 0.0990. The molecule has 1 aromatic heterocycles. The van der Waals surface area contributed by atoms with Crippen LogP contribution in [0.1, 0.15) is 39.9 Å². The summed E-state index contributed by atoms with van der Waals surface area (Å²) in [7, 11) is 0. The maximum absolute atomic E-state index is 13.0. The molecule has 7 heteroatoms. The standard InChI is InChI=1S/C22H20F3N3O/c23-22(24,25)19-8-4-17(5-9-19)15-28(20-10-11-20)21(29)18-6-2-16(3-7-18)14-27-13-1-12-26-27/h1-9,12-13,20H,10-11,14-15H2. The van der Waals surface area contributed by atoms with E-state index in [1.807, 2.05) is 24.4 Å². The molecule has 0 spiro atoms. The lowest BCUT2D eigenvalue weighted by Crippen LogP contribution is -2.32. The molecule has 0 bridgehead atoms. The summed E-state index contributed by atoms with van der Waals surface area (Å²) in [6, 6.07) is 14.4. The fraction of sp³-hybridized carbons (Fsp3) is 0.273. The molecular weight excluding hydrogens is 379 g/mol. The Kier molecular flexibility index (Phi) is 5.13. The van der Waals surface area contributed by atoms with Gasteiger partial charge in [-0.05, 0) is 54.3 Å². The first kappa shape index (κ1) is 19.2. The molecule has 0 aliphatic heterocycles. The lowest BCUT2D eigenvalue weighted by Gasteiger charge is -2.23. The number of rotatable bonds is 6. The number of alkyl halides is 3. The van der Waals surface area contributed by atoms with Crippen molar-refractivity contribution in [1.82, 2.24) is 14.7 Å². The zero-order valence-electron chi connectivity index (χ0n) is 15.6. The van der Waals surface area contributed by atoms with Crippen molar-refractivity contribution >= 4 is 5.91 Å². The summed E-state index contributed by atoms with van der Waals surface area (Å²) >= 11 is 0. The predicted octanol–water partition coefficient (Wildman–Crippen LogP) is 4.76. The van der Waals surface area contributed by atoms with E-state index in [1.54, 1.807) is 27.9 Å². The molecule has 1 heterocycles. The summed E-state index contributed by atoms with van der Waals surface area (Å²) in [6.07, 6.45) is 1.07. The Morgan fingerprint density at radius 3 is 2.24 bits per heavy atom. The van der Waals surface area contributed by atoms with E-state index in [-0.39, 0.29) is 11.9 Å². The summed E-state index contributed by atoms with van der Waals surface area (Å²) in [5.41, 5.74) is 1.62. The normalized spacial score (nSPS) is 14.0. The molecule has 29 heavy (non-hydrogen) atoms. The summed E-state index contributed by atoms with van der Waals surface area (Å²) in [5.74, 6) is -0.0990. The van der Waals surface area contributed by atoms with Crippen LogP contribution >= 0.6 is 0 Å². The Morgan fingerprint density at radius 2 is 1.69 bits per heavy atom.